The Morgan fingerprint density at radius 2 is 1.12 bits per heavy atom. The SMILES string of the molecule is O=c1c(-c2cc(F)c([N+](=O)[O-])cc2F)c(Cl)n2n1CCCC2.O=c1c(-c2cc(F)ccc2F)c(Cl)n2n1CCCC2. The Bertz CT molecular complexity index is 1810. The van der Waals surface area contributed by atoms with Crippen LogP contribution in [0.1, 0.15) is 25.7 Å². The van der Waals surface area contributed by atoms with Crippen LogP contribution in [0.25, 0.3) is 22.3 Å². The van der Waals surface area contributed by atoms with Gasteiger partial charge in [0.15, 0.2) is 0 Å². The quantitative estimate of drug-likeness (QED) is 0.161. The van der Waals surface area contributed by atoms with E-state index in [0.29, 0.717) is 38.3 Å². The van der Waals surface area contributed by atoms with Crippen LogP contribution in [0.15, 0.2) is 39.9 Å². The van der Waals surface area contributed by atoms with Crippen molar-refractivity contribution in [3.63, 3.8) is 0 Å². The molecule has 4 heterocycles. The van der Waals surface area contributed by atoms with Gasteiger partial charge in [-0.15, -0.1) is 0 Å². The molecule has 216 valence electrons. The van der Waals surface area contributed by atoms with Gasteiger partial charge in [-0.3, -0.25) is 29.1 Å². The van der Waals surface area contributed by atoms with E-state index in [0.717, 1.165) is 43.9 Å². The summed E-state index contributed by atoms with van der Waals surface area (Å²) in [6.45, 7) is 2.11. The normalized spacial score (nSPS) is 14.2. The van der Waals surface area contributed by atoms with Crippen molar-refractivity contribution in [1.29, 1.82) is 0 Å². The van der Waals surface area contributed by atoms with Crippen LogP contribution >= 0.6 is 23.2 Å². The van der Waals surface area contributed by atoms with Crippen molar-refractivity contribution in [2.24, 2.45) is 0 Å². The topological polar surface area (TPSA) is 97.0 Å². The minimum absolute atomic E-state index is 0.0110. The van der Waals surface area contributed by atoms with Crippen LogP contribution in [-0.4, -0.2) is 23.7 Å². The summed E-state index contributed by atoms with van der Waals surface area (Å²) in [4.78, 5) is 34.2. The summed E-state index contributed by atoms with van der Waals surface area (Å²) in [6.07, 6.45) is 3.41. The van der Waals surface area contributed by atoms with Crippen molar-refractivity contribution in [2.75, 3.05) is 0 Å². The second-order valence-electron chi connectivity index (χ2n) is 9.51. The Balaban J connectivity index is 0.000000166. The molecule has 6 rings (SSSR count). The van der Waals surface area contributed by atoms with Crippen LogP contribution in [0.3, 0.4) is 0 Å². The van der Waals surface area contributed by atoms with E-state index in [1.165, 1.54) is 14.0 Å². The first-order valence-electron chi connectivity index (χ1n) is 12.6. The Morgan fingerprint density at radius 3 is 1.59 bits per heavy atom. The maximum atomic E-state index is 14.1. The molecule has 2 aliphatic rings. The summed E-state index contributed by atoms with van der Waals surface area (Å²) < 4.78 is 60.9. The van der Waals surface area contributed by atoms with Gasteiger partial charge in [-0.1, -0.05) is 23.2 Å². The number of rotatable bonds is 3. The molecule has 0 spiro atoms. The number of fused-ring (bicyclic) bond motifs is 2. The molecular formula is C26H21Cl2F4N5O4. The zero-order chi connectivity index (χ0) is 29.6. The van der Waals surface area contributed by atoms with Gasteiger partial charge in [0.2, 0.25) is 5.82 Å². The predicted molar refractivity (Wildman–Crippen MR) is 143 cm³/mol. The number of hydrogen-bond acceptors (Lipinski definition) is 4. The van der Waals surface area contributed by atoms with E-state index in [1.807, 2.05) is 0 Å². The van der Waals surface area contributed by atoms with Crippen LogP contribution in [0.2, 0.25) is 10.3 Å². The van der Waals surface area contributed by atoms with Gasteiger partial charge in [0.25, 0.3) is 11.1 Å². The van der Waals surface area contributed by atoms with Crippen molar-refractivity contribution < 1.29 is 22.5 Å². The summed E-state index contributed by atoms with van der Waals surface area (Å²) in [5, 5.41) is 10.8. The van der Waals surface area contributed by atoms with Gasteiger partial charge in [0.05, 0.1) is 22.1 Å². The van der Waals surface area contributed by atoms with Gasteiger partial charge in [-0.25, -0.2) is 22.5 Å². The predicted octanol–water partition coefficient (Wildman–Crippen LogP) is 5.99. The summed E-state index contributed by atoms with van der Waals surface area (Å²) in [5.41, 5.74) is -2.46. The van der Waals surface area contributed by atoms with Crippen LogP contribution in [-0.2, 0) is 26.2 Å². The lowest BCUT2D eigenvalue weighted by Crippen LogP contribution is -2.27. The zero-order valence-electron chi connectivity index (χ0n) is 21.2. The van der Waals surface area contributed by atoms with Gasteiger partial charge < -0.3 is 0 Å². The average Bonchev–Trinajstić information content (AvgIpc) is 3.36. The van der Waals surface area contributed by atoms with E-state index in [4.69, 9.17) is 23.2 Å². The number of nitrogens with zero attached hydrogens (tertiary/aromatic N) is 5. The number of halogens is 6. The van der Waals surface area contributed by atoms with Crippen molar-refractivity contribution >= 4 is 28.9 Å². The molecule has 2 aromatic carbocycles. The van der Waals surface area contributed by atoms with Gasteiger partial charge in [0, 0.05) is 37.3 Å². The first-order valence-corrected chi connectivity index (χ1v) is 13.3. The zero-order valence-corrected chi connectivity index (χ0v) is 22.7. The molecule has 4 aromatic rings. The fraction of sp³-hybridized carbons (Fsp3) is 0.308. The van der Waals surface area contributed by atoms with E-state index in [2.05, 4.69) is 0 Å². The lowest BCUT2D eigenvalue weighted by Gasteiger charge is -2.17. The molecule has 0 unspecified atom stereocenters. The van der Waals surface area contributed by atoms with E-state index in [-0.39, 0.29) is 38.1 Å². The van der Waals surface area contributed by atoms with Crippen molar-refractivity contribution in [3.8, 4) is 22.3 Å². The Labute approximate surface area is 238 Å². The molecule has 0 amide bonds. The molecule has 0 saturated heterocycles. The third kappa shape index (κ3) is 5.08. The number of aromatic nitrogens is 4. The lowest BCUT2D eigenvalue weighted by molar-refractivity contribution is -0.387. The number of benzene rings is 2. The van der Waals surface area contributed by atoms with Crippen LogP contribution in [0.5, 0.6) is 0 Å². The second-order valence-corrected chi connectivity index (χ2v) is 10.2. The van der Waals surface area contributed by atoms with Gasteiger partial charge in [-0.2, -0.15) is 4.39 Å². The second kappa shape index (κ2) is 11.2. The molecule has 0 bridgehead atoms. The highest BCUT2D eigenvalue weighted by atomic mass is 35.5. The Hall–Kier alpha value is -3.84. The molecule has 9 nitrogen and oxygen atoms in total. The molecule has 2 aliphatic heterocycles. The molecule has 0 N–H and O–H groups in total. The molecule has 0 aliphatic carbocycles. The van der Waals surface area contributed by atoms with Crippen LogP contribution < -0.4 is 11.1 Å². The number of nitro groups is 1. The molecule has 0 fully saturated rings. The smallest absolute Gasteiger partial charge is 0.271 e. The maximum Gasteiger partial charge on any atom is 0.307 e. The third-order valence-electron chi connectivity index (χ3n) is 7.03. The highest BCUT2D eigenvalue weighted by Crippen LogP contribution is 2.33. The Morgan fingerprint density at radius 1 is 0.659 bits per heavy atom. The molecule has 0 saturated carbocycles. The molecule has 15 heteroatoms. The van der Waals surface area contributed by atoms with Crippen LogP contribution in [0.4, 0.5) is 23.2 Å². The molecule has 0 radical (unpaired) electrons. The summed E-state index contributed by atoms with van der Waals surface area (Å²) in [5.74, 6) is -3.52. The first kappa shape index (κ1) is 28.7. The van der Waals surface area contributed by atoms with Gasteiger partial charge in [-0.05, 0) is 49.9 Å². The summed E-state index contributed by atoms with van der Waals surface area (Å²) >= 11 is 12.3. The third-order valence-corrected chi connectivity index (χ3v) is 7.79. The monoisotopic (exact) mass is 613 g/mol. The van der Waals surface area contributed by atoms with Crippen molar-refractivity contribution in [1.82, 2.24) is 18.7 Å². The highest BCUT2D eigenvalue weighted by Gasteiger charge is 2.27. The van der Waals surface area contributed by atoms with E-state index in [9.17, 15) is 37.3 Å². The average molecular weight is 614 g/mol. The minimum Gasteiger partial charge on any atom is -0.271 e. The van der Waals surface area contributed by atoms with Crippen molar-refractivity contribution in [2.45, 2.75) is 51.9 Å². The fourth-order valence-corrected chi connectivity index (χ4v) is 5.78. The maximum absolute atomic E-state index is 14.1. The Kier molecular flexibility index (Phi) is 7.84. The fourth-order valence-electron chi connectivity index (χ4n) is 5.06. The van der Waals surface area contributed by atoms with Gasteiger partial charge in [0.1, 0.15) is 27.8 Å². The summed E-state index contributed by atoms with van der Waals surface area (Å²) in [7, 11) is 0. The standard InChI is InChI=1S/C13H10ClF2N3O3.C13H11ClF2N2O/c14-12-11(13(20)18-4-2-1-3-17(12)18)7-5-9(16)10(19(21)22)6-8(7)15;14-12-11(9-7-8(15)3-4-10(9)16)13(19)18-6-2-1-5-17(12)18/h5-6H,1-4H2;3-4,7H,1-2,5-6H2. The molecular weight excluding hydrogens is 593 g/mol. The number of hydrogen-bond donors (Lipinski definition) is 0. The largest absolute Gasteiger partial charge is 0.307 e. The molecule has 41 heavy (non-hydrogen) atoms. The van der Waals surface area contributed by atoms with Crippen LogP contribution in [0, 0.1) is 33.4 Å². The van der Waals surface area contributed by atoms with E-state index in [1.54, 1.807) is 4.68 Å². The number of nitro benzene ring substituents is 1. The van der Waals surface area contributed by atoms with E-state index >= 15 is 0 Å². The molecule has 0 atom stereocenters. The summed E-state index contributed by atoms with van der Waals surface area (Å²) in [6, 6.07) is 4.12. The molecule has 2 aromatic heterocycles. The highest BCUT2D eigenvalue weighted by molar-refractivity contribution is 6.32. The van der Waals surface area contributed by atoms with Crippen molar-refractivity contribution in [3.05, 3.63) is 94.7 Å². The lowest BCUT2D eigenvalue weighted by atomic mass is 10.1. The van der Waals surface area contributed by atoms with Gasteiger partial charge >= 0.3 is 5.69 Å². The van der Waals surface area contributed by atoms with E-state index < -0.39 is 39.4 Å². The first-order chi connectivity index (χ1) is 19.5. The minimum atomic E-state index is -1.22.